The molecule has 0 amide bonds. The summed E-state index contributed by atoms with van der Waals surface area (Å²) in [6.07, 6.45) is 9.27. The summed E-state index contributed by atoms with van der Waals surface area (Å²) >= 11 is 0. The van der Waals surface area contributed by atoms with Crippen molar-refractivity contribution in [3.63, 3.8) is 0 Å². The summed E-state index contributed by atoms with van der Waals surface area (Å²) in [5, 5.41) is 0. The Kier molecular flexibility index (Phi) is 15.4. The molecule has 0 spiro atoms. The van der Waals surface area contributed by atoms with Crippen LogP contribution in [0.3, 0.4) is 0 Å². The summed E-state index contributed by atoms with van der Waals surface area (Å²) in [4.78, 5) is 0. The van der Waals surface area contributed by atoms with Crippen LogP contribution in [0, 0.1) is 0 Å². The molecule has 0 N–H and O–H groups in total. The minimum atomic E-state index is -1.37. The summed E-state index contributed by atoms with van der Waals surface area (Å²) in [7, 11) is -2.74. The molecule has 1 heterocycles. The van der Waals surface area contributed by atoms with Crippen LogP contribution in [-0.2, 0) is 34.1 Å². The van der Waals surface area contributed by atoms with Gasteiger partial charge in [-0.05, 0) is 22.3 Å². The van der Waals surface area contributed by atoms with E-state index in [2.05, 4.69) is 121 Å². The van der Waals surface area contributed by atoms with Gasteiger partial charge in [-0.15, -0.1) is 0 Å². The van der Waals surface area contributed by atoms with Gasteiger partial charge in [0.15, 0.2) is 0 Å². The standard InChI is InChI=1S/C36H44O2P2.2BrH/c1-5-13-33(14-6-1)29-39(30-34-15-7-2-8-16-34)25-21-37-23-27-40(28-24-38-22-26-39,31-35-17-9-3-10-18-35)32-36-19-11-4-12-20-36;;/h1-20H,21-32H2;2*1H/q+2;;/p-2. The van der Waals surface area contributed by atoms with E-state index < -0.39 is 14.5 Å². The van der Waals surface area contributed by atoms with Crippen LogP contribution in [0.5, 0.6) is 0 Å². The monoisotopic (exact) mass is 728 g/mol. The number of hydrogen-bond acceptors (Lipinski definition) is 2. The lowest BCUT2D eigenvalue weighted by molar-refractivity contribution is -0.00100. The van der Waals surface area contributed by atoms with Gasteiger partial charge in [-0.25, -0.2) is 0 Å². The fourth-order valence-corrected chi connectivity index (χ4v) is 14.0. The topological polar surface area (TPSA) is 18.5 Å². The molecule has 1 aliphatic rings. The Morgan fingerprint density at radius 1 is 0.357 bits per heavy atom. The molecule has 224 valence electrons. The quantitative estimate of drug-likeness (QED) is 0.260. The Labute approximate surface area is 275 Å². The number of rotatable bonds is 8. The molecular formula is C36H44Br2O2P2. The van der Waals surface area contributed by atoms with Gasteiger partial charge in [0.1, 0.15) is 0 Å². The maximum atomic E-state index is 6.58. The maximum absolute atomic E-state index is 6.58. The van der Waals surface area contributed by atoms with Crippen LogP contribution in [0.1, 0.15) is 22.3 Å². The van der Waals surface area contributed by atoms with Crippen molar-refractivity contribution >= 4 is 14.5 Å². The van der Waals surface area contributed by atoms with Gasteiger partial charge in [-0.1, -0.05) is 121 Å². The summed E-state index contributed by atoms with van der Waals surface area (Å²) in [5.41, 5.74) is 5.81. The van der Waals surface area contributed by atoms with E-state index in [0.717, 1.165) is 75.7 Å². The third-order valence-corrected chi connectivity index (χ3v) is 17.0. The Morgan fingerprint density at radius 2 is 0.571 bits per heavy atom. The second-order valence-electron chi connectivity index (χ2n) is 11.4. The van der Waals surface area contributed by atoms with Crippen molar-refractivity contribution in [2.24, 2.45) is 0 Å². The first-order valence-corrected chi connectivity index (χ1v) is 19.8. The third-order valence-electron chi connectivity index (χ3n) is 8.28. The zero-order valence-electron chi connectivity index (χ0n) is 24.5. The first-order chi connectivity index (χ1) is 19.7. The lowest BCUT2D eigenvalue weighted by Gasteiger charge is -2.31. The predicted octanol–water partition coefficient (Wildman–Crippen LogP) is 2.88. The zero-order valence-corrected chi connectivity index (χ0v) is 29.5. The molecule has 42 heavy (non-hydrogen) atoms. The highest BCUT2D eigenvalue weighted by Gasteiger charge is 2.40. The normalized spacial score (nSPS) is 17.0. The minimum absolute atomic E-state index is 0. The van der Waals surface area contributed by atoms with Gasteiger partial charge >= 0.3 is 0 Å². The molecule has 6 heteroatoms. The van der Waals surface area contributed by atoms with Gasteiger partial charge in [-0.2, -0.15) is 0 Å². The molecule has 0 bridgehead atoms. The molecule has 0 radical (unpaired) electrons. The Morgan fingerprint density at radius 3 is 0.786 bits per heavy atom. The smallest absolute Gasteiger partial charge is 0.0847 e. The Hall–Kier alpha value is -1.38. The van der Waals surface area contributed by atoms with Crippen LogP contribution in [0.2, 0.25) is 0 Å². The summed E-state index contributed by atoms with van der Waals surface area (Å²) < 4.78 is 13.2. The molecule has 0 saturated carbocycles. The van der Waals surface area contributed by atoms with Crippen molar-refractivity contribution in [3.05, 3.63) is 144 Å². The highest BCUT2D eigenvalue weighted by molar-refractivity contribution is 7.74. The fraction of sp³-hybridized carbons (Fsp3) is 0.333. The Bertz CT molecular complexity index is 1060. The molecule has 0 aliphatic carbocycles. The fourth-order valence-electron chi connectivity index (χ4n) is 6.09. The van der Waals surface area contributed by atoms with E-state index >= 15 is 0 Å². The molecular weight excluding hydrogens is 686 g/mol. The highest BCUT2D eigenvalue weighted by atomic mass is 79.9. The van der Waals surface area contributed by atoms with Crippen LogP contribution in [0.15, 0.2) is 121 Å². The summed E-state index contributed by atoms with van der Waals surface area (Å²) in [6.45, 7) is 3.41. The third kappa shape index (κ3) is 11.0. The molecule has 0 unspecified atom stereocenters. The maximum Gasteiger partial charge on any atom is 0.0847 e. The van der Waals surface area contributed by atoms with Gasteiger partial charge in [0.25, 0.3) is 0 Å². The van der Waals surface area contributed by atoms with Crippen LogP contribution >= 0.6 is 14.5 Å². The number of benzene rings is 4. The van der Waals surface area contributed by atoms with E-state index in [1.165, 1.54) is 22.3 Å². The van der Waals surface area contributed by atoms with Crippen molar-refractivity contribution in [2.75, 3.05) is 51.1 Å². The molecule has 5 rings (SSSR count). The van der Waals surface area contributed by atoms with Crippen molar-refractivity contribution in [2.45, 2.75) is 24.6 Å². The van der Waals surface area contributed by atoms with Crippen molar-refractivity contribution in [3.8, 4) is 0 Å². The summed E-state index contributed by atoms with van der Waals surface area (Å²) in [5.74, 6) is 0. The number of halogens is 2. The zero-order chi connectivity index (χ0) is 27.4. The van der Waals surface area contributed by atoms with Gasteiger partial charge in [0.2, 0.25) is 0 Å². The van der Waals surface area contributed by atoms with E-state index in [0.29, 0.717) is 0 Å². The van der Waals surface area contributed by atoms with Crippen molar-refractivity contribution < 1.29 is 43.4 Å². The molecule has 1 saturated heterocycles. The first-order valence-electron chi connectivity index (χ1n) is 14.7. The van der Waals surface area contributed by atoms with Gasteiger partial charge in [0, 0.05) is 14.5 Å². The molecule has 2 nitrogen and oxygen atoms in total. The Balaban J connectivity index is 0.00000242. The van der Waals surface area contributed by atoms with Crippen molar-refractivity contribution in [1.82, 2.24) is 0 Å². The second-order valence-corrected chi connectivity index (χ2v) is 19.8. The molecule has 4 aromatic carbocycles. The lowest BCUT2D eigenvalue weighted by atomic mass is 10.2. The van der Waals surface area contributed by atoms with Crippen LogP contribution in [-0.4, -0.2) is 51.1 Å². The highest BCUT2D eigenvalue weighted by Crippen LogP contribution is 2.65. The average molecular weight is 731 g/mol. The number of hydrogen-bond donors (Lipinski definition) is 0. The molecule has 0 aromatic heterocycles. The van der Waals surface area contributed by atoms with Crippen molar-refractivity contribution in [1.29, 1.82) is 0 Å². The first kappa shape index (κ1) is 35.1. The molecule has 1 aliphatic heterocycles. The average Bonchev–Trinajstić information content (AvgIpc) is 2.98. The predicted molar refractivity (Wildman–Crippen MR) is 176 cm³/mol. The van der Waals surface area contributed by atoms with E-state index in [1.807, 2.05) is 0 Å². The molecule has 4 aromatic rings. The van der Waals surface area contributed by atoms with Crippen LogP contribution in [0.25, 0.3) is 0 Å². The second kappa shape index (κ2) is 18.4. The SMILES string of the molecule is [Br-].[Br-].c1ccc(C[P+]2(Cc3ccccc3)CCOCC[P+](Cc3ccccc3)(Cc3ccccc3)CCOCC2)cc1. The molecule has 0 atom stereocenters. The lowest BCUT2D eigenvalue weighted by Crippen LogP contribution is -3.00. The van der Waals surface area contributed by atoms with Crippen LogP contribution < -0.4 is 34.0 Å². The van der Waals surface area contributed by atoms with E-state index in [-0.39, 0.29) is 34.0 Å². The van der Waals surface area contributed by atoms with E-state index in [1.54, 1.807) is 0 Å². The largest absolute Gasteiger partial charge is 1.00 e. The van der Waals surface area contributed by atoms with E-state index in [4.69, 9.17) is 9.47 Å². The minimum Gasteiger partial charge on any atom is -1.00 e. The van der Waals surface area contributed by atoms with Gasteiger partial charge in [-0.3, -0.25) is 0 Å². The van der Waals surface area contributed by atoms with Gasteiger partial charge in [0.05, 0.1) is 75.7 Å². The van der Waals surface area contributed by atoms with Gasteiger partial charge < -0.3 is 43.4 Å². The summed E-state index contributed by atoms with van der Waals surface area (Å²) in [6, 6.07) is 44.4. The molecule has 1 fully saturated rings. The van der Waals surface area contributed by atoms with E-state index in [9.17, 15) is 0 Å². The van der Waals surface area contributed by atoms with Crippen LogP contribution in [0.4, 0.5) is 0 Å². The number of ether oxygens (including phenoxy) is 2.